The smallest absolute Gasteiger partial charge is 0.430 e. The van der Waals surface area contributed by atoms with Crippen LogP contribution < -0.4 is 9.84 Å². The minimum Gasteiger partial charge on any atom is -0.542 e. The van der Waals surface area contributed by atoms with Crippen molar-refractivity contribution in [3.63, 3.8) is 0 Å². The van der Waals surface area contributed by atoms with Gasteiger partial charge in [0.25, 0.3) is 0 Å². The summed E-state index contributed by atoms with van der Waals surface area (Å²) in [6.07, 6.45) is -5.19. The molecule has 0 amide bonds. The maximum atomic E-state index is 10.5. The van der Waals surface area contributed by atoms with E-state index in [9.17, 15) is 13.2 Å². The van der Waals surface area contributed by atoms with E-state index in [-0.39, 0.29) is 0 Å². The monoisotopic (exact) mass is 248 g/mol. The first-order valence-corrected chi connectivity index (χ1v) is 4.08. The van der Waals surface area contributed by atoms with Crippen molar-refractivity contribution < 1.29 is 27.8 Å². The fourth-order valence-electron chi connectivity index (χ4n) is 0.649. The molecular weight excluding hydrogens is 241 g/mol. The number of aliphatic carboxylic acids is 1. The van der Waals surface area contributed by atoms with Crippen molar-refractivity contribution >= 4 is 11.7 Å². The van der Waals surface area contributed by atoms with E-state index < -0.39 is 12.1 Å². The Morgan fingerprint density at radius 3 is 2.00 bits per heavy atom. The highest BCUT2D eigenvalue weighted by molar-refractivity contribution is 5.70. The molecule has 0 heterocycles. The summed E-state index contributed by atoms with van der Waals surface area (Å²) in [5.41, 5.74) is 0.529. The van der Waals surface area contributed by atoms with E-state index >= 15 is 0 Å². The molecular formula is C9H7F3N2O3. The Balaban J connectivity index is 0.000000325. The van der Waals surface area contributed by atoms with Crippen LogP contribution in [0.3, 0.4) is 0 Å². The van der Waals surface area contributed by atoms with E-state index in [0.717, 1.165) is 5.75 Å². The zero-order valence-electron chi connectivity index (χ0n) is 8.56. The number of halogens is 3. The predicted octanol–water partition coefficient (Wildman–Crippen LogP) is 1.48. The third-order valence-electron chi connectivity index (χ3n) is 1.42. The molecule has 0 saturated carbocycles. The molecule has 1 aromatic rings. The maximum absolute atomic E-state index is 10.5. The number of methoxy groups -OCH3 is 1. The summed E-state index contributed by atoms with van der Waals surface area (Å²) in [5.74, 6) is -2.25. The van der Waals surface area contributed by atoms with Crippen molar-refractivity contribution in [1.29, 1.82) is 5.39 Å². The predicted molar refractivity (Wildman–Crippen MR) is 48.8 cm³/mol. The van der Waals surface area contributed by atoms with Gasteiger partial charge in [-0.3, -0.25) is 0 Å². The number of hydrogen-bond acceptors (Lipinski definition) is 4. The number of rotatable bonds is 1. The lowest BCUT2D eigenvalue weighted by Gasteiger charge is -2.03. The molecule has 0 spiro atoms. The van der Waals surface area contributed by atoms with Crippen LogP contribution in [0, 0.1) is 5.39 Å². The molecule has 0 atom stereocenters. The molecule has 0 aliphatic carbocycles. The summed E-state index contributed by atoms with van der Waals surface area (Å²) in [6.45, 7) is 0. The number of carbonyl (C=O) groups is 1. The number of carboxylic acids is 1. The summed E-state index contributed by atoms with van der Waals surface area (Å²) in [4.78, 5) is 11.8. The Bertz CT molecular complexity index is 409. The third-order valence-corrected chi connectivity index (χ3v) is 1.42. The molecule has 0 N–H and O–H groups in total. The van der Waals surface area contributed by atoms with Gasteiger partial charge in [0.15, 0.2) is 4.98 Å². The molecule has 0 fully saturated rings. The van der Waals surface area contributed by atoms with E-state index in [2.05, 4.69) is 4.98 Å². The molecule has 1 rings (SSSR count). The Morgan fingerprint density at radius 2 is 1.76 bits per heavy atom. The number of benzene rings is 1. The molecule has 0 radical (unpaired) electrons. The average molecular weight is 248 g/mol. The van der Waals surface area contributed by atoms with Gasteiger partial charge in [0.2, 0.25) is 5.39 Å². The molecule has 1 aromatic carbocycles. The van der Waals surface area contributed by atoms with Gasteiger partial charge in [0.1, 0.15) is 11.7 Å². The number of diazo groups is 1. The summed E-state index contributed by atoms with van der Waals surface area (Å²) >= 11 is 0. The van der Waals surface area contributed by atoms with Crippen LogP contribution in [0.5, 0.6) is 5.75 Å². The van der Waals surface area contributed by atoms with Gasteiger partial charge in [-0.15, -0.1) is 0 Å². The number of carboxylic acid groups (broad SMARTS) is 1. The van der Waals surface area contributed by atoms with Crippen molar-refractivity contribution in [2.24, 2.45) is 0 Å². The third kappa shape index (κ3) is 5.99. The molecule has 0 bridgehead atoms. The normalized spacial score (nSPS) is 9.59. The molecule has 5 nitrogen and oxygen atoms in total. The van der Waals surface area contributed by atoms with E-state index in [1.54, 1.807) is 31.4 Å². The largest absolute Gasteiger partial charge is 0.542 e. The van der Waals surface area contributed by atoms with Gasteiger partial charge < -0.3 is 14.6 Å². The number of alkyl halides is 3. The average Bonchev–Trinajstić information content (AvgIpc) is 2.28. The van der Waals surface area contributed by atoms with Crippen LogP contribution in [-0.4, -0.2) is 19.3 Å². The first-order chi connectivity index (χ1) is 7.81. The van der Waals surface area contributed by atoms with E-state index in [1.165, 1.54) is 0 Å². The first-order valence-electron chi connectivity index (χ1n) is 4.08. The minimum atomic E-state index is -5.19. The van der Waals surface area contributed by atoms with Crippen LogP contribution >= 0.6 is 0 Å². The highest BCUT2D eigenvalue weighted by Crippen LogP contribution is 2.16. The topological polar surface area (TPSA) is 77.5 Å². The van der Waals surface area contributed by atoms with E-state index in [4.69, 9.17) is 20.0 Å². The summed E-state index contributed by atoms with van der Waals surface area (Å²) in [7, 11) is 1.59. The lowest BCUT2D eigenvalue weighted by molar-refractivity contribution is -0.344. The second-order valence-corrected chi connectivity index (χ2v) is 2.58. The van der Waals surface area contributed by atoms with E-state index in [0.29, 0.717) is 5.69 Å². The van der Waals surface area contributed by atoms with Crippen molar-refractivity contribution in [1.82, 2.24) is 0 Å². The number of carbonyl (C=O) groups excluding carboxylic acids is 1. The van der Waals surface area contributed by atoms with Gasteiger partial charge in [-0.1, -0.05) is 0 Å². The van der Waals surface area contributed by atoms with Crippen LogP contribution in [0.15, 0.2) is 24.3 Å². The molecule has 8 heteroatoms. The van der Waals surface area contributed by atoms with Crippen LogP contribution in [-0.2, 0) is 4.79 Å². The molecule has 0 aliphatic rings. The zero-order chi connectivity index (χ0) is 13.5. The zero-order valence-corrected chi connectivity index (χ0v) is 8.56. The summed E-state index contributed by atoms with van der Waals surface area (Å²) in [6, 6.07) is 6.79. The Morgan fingerprint density at radius 1 is 1.35 bits per heavy atom. The number of ether oxygens (including phenoxy) is 1. The number of hydrogen-bond donors (Lipinski definition) is 0. The quantitative estimate of drug-likeness (QED) is 0.705. The van der Waals surface area contributed by atoms with Gasteiger partial charge >= 0.3 is 11.9 Å². The van der Waals surface area contributed by atoms with Crippen LogP contribution in [0.1, 0.15) is 0 Å². The lowest BCUT2D eigenvalue weighted by Crippen LogP contribution is -2.37. The summed E-state index contributed by atoms with van der Waals surface area (Å²) in [5, 5.41) is 17.1. The SMILES string of the molecule is COc1ccc([N+]#N)cc1.O=C([O-])C(F)(F)F. The highest BCUT2D eigenvalue weighted by Gasteiger charge is 2.28. The lowest BCUT2D eigenvalue weighted by atomic mass is 10.3. The first kappa shape index (κ1) is 14.7. The van der Waals surface area contributed by atoms with Crippen molar-refractivity contribution in [2.45, 2.75) is 6.18 Å². The van der Waals surface area contributed by atoms with Crippen molar-refractivity contribution in [2.75, 3.05) is 7.11 Å². The van der Waals surface area contributed by atoms with E-state index in [1.807, 2.05) is 0 Å². The van der Waals surface area contributed by atoms with Gasteiger partial charge in [-0.05, 0) is 12.1 Å². The van der Waals surface area contributed by atoms with Gasteiger partial charge in [0.05, 0.1) is 7.11 Å². The molecule has 17 heavy (non-hydrogen) atoms. The van der Waals surface area contributed by atoms with Crippen molar-refractivity contribution in [3.8, 4) is 5.75 Å². The molecule has 0 aliphatic heterocycles. The van der Waals surface area contributed by atoms with Crippen LogP contribution in [0.25, 0.3) is 4.98 Å². The fraction of sp³-hybridized carbons (Fsp3) is 0.222. The van der Waals surface area contributed by atoms with Crippen LogP contribution in [0.4, 0.5) is 18.9 Å². The Labute approximate surface area is 94.1 Å². The van der Waals surface area contributed by atoms with Gasteiger partial charge in [-0.2, -0.15) is 13.2 Å². The second-order valence-electron chi connectivity index (χ2n) is 2.58. The summed E-state index contributed by atoms with van der Waals surface area (Å²) < 4.78 is 36.4. The second kappa shape index (κ2) is 6.32. The molecule has 0 saturated heterocycles. The Kier molecular flexibility index (Phi) is 5.46. The van der Waals surface area contributed by atoms with Gasteiger partial charge in [-0.25, -0.2) is 0 Å². The standard InChI is InChI=1S/C7H7N2O.C2HF3O2/c1-10-7-4-2-6(9-8)3-5-7;3-2(4,5)1(6)7/h2-5H,1H3;(H,6,7)/q+1;/p-1. The van der Waals surface area contributed by atoms with Crippen molar-refractivity contribution in [3.05, 3.63) is 29.2 Å². The molecule has 0 aromatic heterocycles. The Hall–Kier alpha value is -2.30. The van der Waals surface area contributed by atoms with Crippen LogP contribution in [0.2, 0.25) is 0 Å². The maximum Gasteiger partial charge on any atom is 0.430 e. The van der Waals surface area contributed by atoms with Gasteiger partial charge in [0, 0.05) is 12.1 Å². The fourth-order valence-corrected chi connectivity index (χ4v) is 0.649. The number of nitrogens with zero attached hydrogens (tertiary/aromatic N) is 2. The minimum absolute atomic E-state index is 0.529. The molecule has 0 unspecified atom stereocenters. The highest BCUT2D eigenvalue weighted by atomic mass is 19.4. The molecule has 92 valence electrons.